The third kappa shape index (κ3) is 2.78. The Morgan fingerprint density at radius 3 is 2.06 bits per heavy atom. The summed E-state index contributed by atoms with van der Waals surface area (Å²) >= 11 is 0. The summed E-state index contributed by atoms with van der Waals surface area (Å²) in [5, 5.41) is 3.59. The normalized spacial score (nSPS) is 41.4. The van der Waals surface area contributed by atoms with E-state index in [1.165, 1.54) is 38.8 Å². The van der Waals surface area contributed by atoms with Gasteiger partial charge in [-0.2, -0.15) is 0 Å². The van der Waals surface area contributed by atoms with Gasteiger partial charge in [-0.3, -0.25) is 4.90 Å². The lowest BCUT2D eigenvalue weighted by Crippen LogP contribution is -2.41. The first-order chi connectivity index (χ1) is 7.70. The van der Waals surface area contributed by atoms with E-state index in [1.54, 1.807) is 0 Å². The summed E-state index contributed by atoms with van der Waals surface area (Å²) in [5.41, 5.74) is 0. The van der Waals surface area contributed by atoms with Gasteiger partial charge in [0.1, 0.15) is 0 Å². The molecule has 2 aliphatic rings. The molecule has 2 fully saturated rings. The maximum absolute atomic E-state index is 3.59. The van der Waals surface area contributed by atoms with E-state index in [-0.39, 0.29) is 0 Å². The quantitative estimate of drug-likeness (QED) is 0.792. The van der Waals surface area contributed by atoms with Crippen LogP contribution in [0.2, 0.25) is 0 Å². The average molecular weight is 224 g/mol. The van der Waals surface area contributed by atoms with Crippen LogP contribution in [-0.4, -0.2) is 36.6 Å². The number of rotatable bonds is 3. The molecule has 0 amide bonds. The lowest BCUT2D eigenvalue weighted by molar-refractivity contribution is 0.167. The summed E-state index contributed by atoms with van der Waals surface area (Å²) < 4.78 is 0. The summed E-state index contributed by atoms with van der Waals surface area (Å²) in [6.45, 7) is 10.9. The molecular weight excluding hydrogens is 196 g/mol. The molecule has 2 rings (SSSR count). The first kappa shape index (κ1) is 12.4. The van der Waals surface area contributed by atoms with Gasteiger partial charge in [0.15, 0.2) is 0 Å². The third-order valence-electron chi connectivity index (χ3n) is 4.72. The van der Waals surface area contributed by atoms with Gasteiger partial charge < -0.3 is 5.32 Å². The maximum atomic E-state index is 3.59. The number of nitrogens with zero attached hydrogens (tertiary/aromatic N) is 1. The van der Waals surface area contributed by atoms with E-state index < -0.39 is 0 Å². The highest BCUT2D eigenvalue weighted by atomic mass is 15.2. The predicted octanol–water partition coefficient (Wildman–Crippen LogP) is 2.49. The van der Waals surface area contributed by atoms with Crippen LogP contribution < -0.4 is 5.32 Å². The van der Waals surface area contributed by atoms with E-state index in [2.05, 4.69) is 31.0 Å². The number of nitrogens with one attached hydrogen (secondary N) is 1. The highest BCUT2D eigenvalue weighted by molar-refractivity contribution is 4.88. The Balaban J connectivity index is 1.77. The molecule has 1 aliphatic heterocycles. The molecule has 2 unspecified atom stereocenters. The van der Waals surface area contributed by atoms with Gasteiger partial charge in [-0.1, -0.05) is 20.8 Å². The highest BCUT2D eigenvalue weighted by Crippen LogP contribution is 2.30. The first-order valence-corrected chi connectivity index (χ1v) is 7.18. The topological polar surface area (TPSA) is 15.3 Å². The number of hydrogen-bond acceptors (Lipinski definition) is 2. The molecule has 0 aromatic rings. The summed E-state index contributed by atoms with van der Waals surface area (Å²) in [4.78, 5) is 2.76. The molecule has 1 N–H and O–H groups in total. The van der Waals surface area contributed by atoms with E-state index in [0.29, 0.717) is 0 Å². The first-order valence-electron chi connectivity index (χ1n) is 7.18. The van der Waals surface area contributed by atoms with Gasteiger partial charge >= 0.3 is 0 Å². The van der Waals surface area contributed by atoms with Crippen molar-refractivity contribution in [2.45, 2.75) is 58.5 Å². The highest BCUT2D eigenvalue weighted by Gasteiger charge is 2.32. The molecule has 2 nitrogen and oxygen atoms in total. The van der Waals surface area contributed by atoms with Crippen molar-refractivity contribution in [3.8, 4) is 0 Å². The zero-order valence-corrected chi connectivity index (χ0v) is 11.2. The van der Waals surface area contributed by atoms with Crippen LogP contribution in [0.1, 0.15) is 46.5 Å². The second-order valence-corrected chi connectivity index (χ2v) is 5.97. The van der Waals surface area contributed by atoms with Gasteiger partial charge in [0.25, 0.3) is 0 Å². The van der Waals surface area contributed by atoms with Gasteiger partial charge in [0, 0.05) is 25.2 Å². The van der Waals surface area contributed by atoms with E-state index >= 15 is 0 Å². The van der Waals surface area contributed by atoms with Gasteiger partial charge in [-0.05, 0) is 44.1 Å². The molecule has 1 saturated heterocycles. The van der Waals surface area contributed by atoms with E-state index in [9.17, 15) is 0 Å². The van der Waals surface area contributed by atoms with Crippen LogP contribution in [0.4, 0.5) is 0 Å². The second kappa shape index (κ2) is 5.50. The fraction of sp³-hybridized carbons (Fsp3) is 1.00. The summed E-state index contributed by atoms with van der Waals surface area (Å²) in [6, 6.07) is 1.70. The SMILES string of the molecule is CCNC1CCC(N2CC(C)C(C)C2)CC1. The third-order valence-corrected chi connectivity index (χ3v) is 4.72. The van der Waals surface area contributed by atoms with Gasteiger partial charge in [0.2, 0.25) is 0 Å². The van der Waals surface area contributed by atoms with Gasteiger partial charge in [-0.25, -0.2) is 0 Å². The van der Waals surface area contributed by atoms with Crippen molar-refractivity contribution in [2.75, 3.05) is 19.6 Å². The standard InChI is InChI=1S/C14H28N2/c1-4-15-13-5-7-14(8-6-13)16-9-11(2)12(3)10-16/h11-15H,4-10H2,1-3H3. The zero-order valence-electron chi connectivity index (χ0n) is 11.2. The largest absolute Gasteiger partial charge is 0.314 e. The summed E-state index contributed by atoms with van der Waals surface area (Å²) in [7, 11) is 0. The van der Waals surface area contributed by atoms with Crippen molar-refractivity contribution >= 4 is 0 Å². The molecule has 0 bridgehead atoms. The van der Waals surface area contributed by atoms with Crippen molar-refractivity contribution in [1.82, 2.24) is 10.2 Å². The van der Waals surface area contributed by atoms with Crippen LogP contribution in [0.5, 0.6) is 0 Å². The van der Waals surface area contributed by atoms with Gasteiger partial charge in [0.05, 0.1) is 0 Å². The monoisotopic (exact) mass is 224 g/mol. The molecule has 0 spiro atoms. The Morgan fingerprint density at radius 1 is 1.00 bits per heavy atom. The molecule has 0 aromatic carbocycles. The summed E-state index contributed by atoms with van der Waals surface area (Å²) in [6.07, 6.45) is 5.60. The van der Waals surface area contributed by atoms with E-state index in [0.717, 1.165) is 30.5 Å². The van der Waals surface area contributed by atoms with Crippen molar-refractivity contribution in [3.63, 3.8) is 0 Å². The number of likely N-dealkylation sites (tertiary alicyclic amines) is 1. The minimum Gasteiger partial charge on any atom is -0.314 e. The fourth-order valence-electron chi connectivity index (χ4n) is 3.41. The van der Waals surface area contributed by atoms with E-state index in [4.69, 9.17) is 0 Å². The molecule has 1 aliphatic carbocycles. The van der Waals surface area contributed by atoms with Crippen molar-refractivity contribution < 1.29 is 0 Å². The molecule has 2 heteroatoms. The van der Waals surface area contributed by atoms with Crippen LogP contribution >= 0.6 is 0 Å². The second-order valence-electron chi connectivity index (χ2n) is 5.97. The Hall–Kier alpha value is -0.0800. The molecule has 2 atom stereocenters. The number of hydrogen-bond donors (Lipinski definition) is 1. The fourth-order valence-corrected chi connectivity index (χ4v) is 3.41. The van der Waals surface area contributed by atoms with Crippen LogP contribution in [0.25, 0.3) is 0 Å². The predicted molar refractivity (Wildman–Crippen MR) is 69.6 cm³/mol. The smallest absolute Gasteiger partial charge is 0.00966 e. The van der Waals surface area contributed by atoms with Crippen molar-refractivity contribution in [2.24, 2.45) is 11.8 Å². The van der Waals surface area contributed by atoms with E-state index in [1.807, 2.05) is 0 Å². The molecule has 16 heavy (non-hydrogen) atoms. The lowest BCUT2D eigenvalue weighted by atomic mass is 9.90. The Bertz CT molecular complexity index is 199. The Labute approximate surface area is 101 Å². The molecular formula is C14H28N2. The minimum atomic E-state index is 0.804. The Kier molecular flexibility index (Phi) is 4.26. The van der Waals surface area contributed by atoms with Crippen LogP contribution in [0, 0.1) is 11.8 Å². The molecule has 1 saturated carbocycles. The van der Waals surface area contributed by atoms with Crippen molar-refractivity contribution in [3.05, 3.63) is 0 Å². The van der Waals surface area contributed by atoms with Crippen LogP contribution in [0.15, 0.2) is 0 Å². The zero-order chi connectivity index (χ0) is 11.5. The minimum absolute atomic E-state index is 0.804. The van der Waals surface area contributed by atoms with Crippen LogP contribution in [0.3, 0.4) is 0 Å². The maximum Gasteiger partial charge on any atom is 0.00966 e. The van der Waals surface area contributed by atoms with Gasteiger partial charge in [-0.15, -0.1) is 0 Å². The molecule has 94 valence electrons. The van der Waals surface area contributed by atoms with Crippen LogP contribution in [-0.2, 0) is 0 Å². The van der Waals surface area contributed by atoms with Crippen molar-refractivity contribution in [1.29, 1.82) is 0 Å². The average Bonchev–Trinajstić information content (AvgIpc) is 2.61. The molecule has 0 aromatic heterocycles. The molecule has 0 radical (unpaired) electrons. The lowest BCUT2D eigenvalue weighted by Gasteiger charge is -2.35. The summed E-state index contributed by atoms with van der Waals surface area (Å²) in [5.74, 6) is 1.82. The molecule has 1 heterocycles. The Morgan fingerprint density at radius 2 is 1.56 bits per heavy atom.